The minimum Gasteiger partial charge on any atom is -0.493 e. The molecule has 0 saturated heterocycles. The summed E-state index contributed by atoms with van der Waals surface area (Å²) in [5.41, 5.74) is 0.323. The summed E-state index contributed by atoms with van der Waals surface area (Å²) in [6.07, 6.45) is -0.0848. The molecule has 0 fully saturated rings. The van der Waals surface area contributed by atoms with Crippen LogP contribution in [-0.4, -0.2) is 30.4 Å². The van der Waals surface area contributed by atoms with Crippen molar-refractivity contribution in [2.24, 2.45) is 0 Å². The van der Waals surface area contributed by atoms with E-state index in [0.29, 0.717) is 5.56 Å². The summed E-state index contributed by atoms with van der Waals surface area (Å²) in [5, 5.41) is 0. The molecule has 0 aliphatic carbocycles. The standard InChI is InChI=1S/C14H12O6/c1-9(15)19-11-7-18-8-12(13(11)16)20-14(17)10-5-3-2-4-6-10/h2-7,12H,8H2,1H3. The minimum absolute atomic E-state index is 0.109. The Morgan fingerprint density at radius 1 is 1.25 bits per heavy atom. The van der Waals surface area contributed by atoms with E-state index in [4.69, 9.17) is 9.47 Å². The molecule has 0 N–H and O–H groups in total. The Kier molecular flexibility index (Phi) is 4.14. The van der Waals surface area contributed by atoms with E-state index in [1.165, 1.54) is 0 Å². The van der Waals surface area contributed by atoms with E-state index in [-0.39, 0.29) is 12.4 Å². The summed E-state index contributed by atoms with van der Waals surface area (Å²) in [6, 6.07) is 8.26. The topological polar surface area (TPSA) is 78.9 Å². The second kappa shape index (κ2) is 6.01. The number of ketones is 1. The number of esters is 2. The average molecular weight is 276 g/mol. The number of hydrogen-bond acceptors (Lipinski definition) is 6. The van der Waals surface area contributed by atoms with E-state index >= 15 is 0 Å². The van der Waals surface area contributed by atoms with Gasteiger partial charge in [-0.2, -0.15) is 0 Å². The third kappa shape index (κ3) is 3.23. The van der Waals surface area contributed by atoms with Crippen LogP contribution in [-0.2, 0) is 23.8 Å². The van der Waals surface area contributed by atoms with Crippen molar-refractivity contribution in [3.8, 4) is 0 Å². The molecule has 2 rings (SSSR count). The van der Waals surface area contributed by atoms with Crippen LogP contribution in [0.1, 0.15) is 17.3 Å². The molecule has 1 aromatic carbocycles. The lowest BCUT2D eigenvalue weighted by Gasteiger charge is -2.21. The first-order valence-corrected chi connectivity index (χ1v) is 5.88. The maximum Gasteiger partial charge on any atom is 0.338 e. The predicted molar refractivity (Wildman–Crippen MR) is 66.5 cm³/mol. The highest BCUT2D eigenvalue weighted by Crippen LogP contribution is 2.15. The van der Waals surface area contributed by atoms with E-state index in [1.807, 2.05) is 0 Å². The number of rotatable bonds is 3. The van der Waals surface area contributed by atoms with Gasteiger partial charge < -0.3 is 14.2 Å². The molecule has 0 radical (unpaired) electrons. The summed E-state index contributed by atoms with van der Waals surface area (Å²) in [7, 11) is 0. The summed E-state index contributed by atoms with van der Waals surface area (Å²) < 4.78 is 14.7. The first-order chi connectivity index (χ1) is 9.58. The molecule has 6 nitrogen and oxygen atoms in total. The van der Waals surface area contributed by atoms with Gasteiger partial charge in [-0.3, -0.25) is 9.59 Å². The van der Waals surface area contributed by atoms with Crippen LogP contribution in [0.4, 0.5) is 0 Å². The Morgan fingerprint density at radius 3 is 2.60 bits per heavy atom. The van der Waals surface area contributed by atoms with Crippen LogP contribution in [0.2, 0.25) is 0 Å². The third-order valence-corrected chi connectivity index (χ3v) is 2.49. The van der Waals surface area contributed by atoms with Gasteiger partial charge in [-0.1, -0.05) is 18.2 Å². The van der Waals surface area contributed by atoms with Gasteiger partial charge in [0.15, 0.2) is 0 Å². The van der Waals surface area contributed by atoms with Gasteiger partial charge in [0.1, 0.15) is 12.9 Å². The van der Waals surface area contributed by atoms with Crippen molar-refractivity contribution >= 4 is 17.7 Å². The highest BCUT2D eigenvalue weighted by Gasteiger charge is 2.32. The van der Waals surface area contributed by atoms with E-state index in [0.717, 1.165) is 13.2 Å². The molecule has 0 bridgehead atoms. The number of carbonyl (C=O) groups excluding carboxylic acids is 3. The first-order valence-electron chi connectivity index (χ1n) is 5.88. The largest absolute Gasteiger partial charge is 0.493 e. The smallest absolute Gasteiger partial charge is 0.338 e. The van der Waals surface area contributed by atoms with Crippen molar-refractivity contribution in [3.63, 3.8) is 0 Å². The molecule has 1 unspecified atom stereocenters. The Hall–Kier alpha value is -2.63. The first kappa shape index (κ1) is 13.8. The fraction of sp³-hybridized carbons (Fsp3) is 0.214. The fourth-order valence-corrected chi connectivity index (χ4v) is 1.59. The number of Topliss-reactive ketones (excluding diaryl/α,β-unsaturated/α-hetero) is 1. The minimum atomic E-state index is -1.12. The maximum absolute atomic E-state index is 11.9. The van der Waals surface area contributed by atoms with Gasteiger partial charge in [0.05, 0.1) is 5.56 Å². The third-order valence-electron chi connectivity index (χ3n) is 2.49. The van der Waals surface area contributed by atoms with Crippen molar-refractivity contribution in [1.82, 2.24) is 0 Å². The Bertz CT molecular complexity index is 560. The monoisotopic (exact) mass is 276 g/mol. The van der Waals surface area contributed by atoms with Crippen molar-refractivity contribution in [2.45, 2.75) is 13.0 Å². The highest BCUT2D eigenvalue weighted by atomic mass is 16.6. The van der Waals surface area contributed by atoms with Gasteiger partial charge in [0.2, 0.25) is 17.6 Å². The van der Waals surface area contributed by atoms with Gasteiger partial charge in [-0.25, -0.2) is 4.79 Å². The summed E-state index contributed by atoms with van der Waals surface area (Å²) in [6.45, 7) is 1.05. The summed E-state index contributed by atoms with van der Waals surface area (Å²) in [5.74, 6) is -2.16. The Balaban J connectivity index is 2.04. The molecule has 1 aliphatic rings. The zero-order valence-corrected chi connectivity index (χ0v) is 10.7. The number of hydrogen-bond donors (Lipinski definition) is 0. The Labute approximate surface area is 114 Å². The van der Waals surface area contributed by atoms with Crippen LogP contribution in [0, 0.1) is 0 Å². The lowest BCUT2D eigenvalue weighted by atomic mass is 10.1. The lowest BCUT2D eigenvalue weighted by molar-refractivity contribution is -0.145. The molecule has 0 spiro atoms. The van der Waals surface area contributed by atoms with Crippen LogP contribution in [0.25, 0.3) is 0 Å². The zero-order chi connectivity index (χ0) is 14.5. The molecular formula is C14H12O6. The molecule has 20 heavy (non-hydrogen) atoms. The van der Waals surface area contributed by atoms with Crippen molar-refractivity contribution in [3.05, 3.63) is 47.9 Å². The molecule has 104 valence electrons. The molecule has 6 heteroatoms. The van der Waals surface area contributed by atoms with E-state index in [2.05, 4.69) is 4.74 Å². The predicted octanol–water partition coefficient (Wildman–Crippen LogP) is 1.22. The SMILES string of the molecule is CC(=O)OC1=COCC(OC(=O)c2ccccc2)C1=O. The molecule has 1 aliphatic heterocycles. The van der Waals surface area contributed by atoms with Crippen LogP contribution >= 0.6 is 0 Å². The second-order valence-electron chi connectivity index (χ2n) is 4.03. The number of carbonyl (C=O) groups is 3. The van der Waals surface area contributed by atoms with E-state index < -0.39 is 23.8 Å². The second-order valence-corrected chi connectivity index (χ2v) is 4.03. The van der Waals surface area contributed by atoms with E-state index in [1.54, 1.807) is 30.3 Å². The van der Waals surface area contributed by atoms with Crippen LogP contribution in [0.15, 0.2) is 42.4 Å². The van der Waals surface area contributed by atoms with Gasteiger partial charge in [0.25, 0.3) is 0 Å². The van der Waals surface area contributed by atoms with Gasteiger partial charge >= 0.3 is 11.9 Å². The van der Waals surface area contributed by atoms with Crippen LogP contribution < -0.4 is 0 Å². The van der Waals surface area contributed by atoms with E-state index in [9.17, 15) is 14.4 Å². The van der Waals surface area contributed by atoms with Crippen LogP contribution in [0.5, 0.6) is 0 Å². The number of benzene rings is 1. The molecule has 0 saturated carbocycles. The lowest BCUT2D eigenvalue weighted by Crippen LogP contribution is -2.36. The normalized spacial score (nSPS) is 17.8. The van der Waals surface area contributed by atoms with Gasteiger partial charge in [0, 0.05) is 6.92 Å². The van der Waals surface area contributed by atoms with Gasteiger partial charge in [-0.05, 0) is 12.1 Å². The zero-order valence-electron chi connectivity index (χ0n) is 10.7. The molecule has 1 aromatic rings. The fourth-order valence-electron chi connectivity index (χ4n) is 1.59. The summed E-state index contributed by atoms with van der Waals surface area (Å²) in [4.78, 5) is 34.6. The average Bonchev–Trinajstić information content (AvgIpc) is 2.43. The van der Waals surface area contributed by atoms with Gasteiger partial charge in [-0.15, -0.1) is 0 Å². The molecule has 1 atom stereocenters. The molecule has 0 amide bonds. The molecule has 1 heterocycles. The van der Waals surface area contributed by atoms with Crippen molar-refractivity contribution in [2.75, 3.05) is 6.61 Å². The highest BCUT2D eigenvalue weighted by molar-refractivity contribution is 6.01. The molecular weight excluding hydrogens is 264 g/mol. The quantitative estimate of drug-likeness (QED) is 0.772. The van der Waals surface area contributed by atoms with Crippen LogP contribution in [0.3, 0.4) is 0 Å². The summed E-state index contributed by atoms with van der Waals surface area (Å²) >= 11 is 0. The molecule has 0 aromatic heterocycles. The number of ether oxygens (including phenoxy) is 3. The van der Waals surface area contributed by atoms with Crippen molar-refractivity contribution in [1.29, 1.82) is 0 Å². The maximum atomic E-state index is 11.9. The van der Waals surface area contributed by atoms with Crippen molar-refractivity contribution < 1.29 is 28.6 Å². The Morgan fingerprint density at radius 2 is 1.95 bits per heavy atom.